The van der Waals surface area contributed by atoms with Crippen LogP contribution in [0.2, 0.25) is 0 Å². The van der Waals surface area contributed by atoms with Gasteiger partial charge >= 0.3 is 0 Å². The molecule has 1 aromatic rings. The normalized spacial score (nSPS) is 18.5. The van der Waals surface area contributed by atoms with Gasteiger partial charge in [-0.05, 0) is 19.4 Å². The van der Waals surface area contributed by atoms with Crippen LogP contribution in [0.25, 0.3) is 0 Å². The first-order valence-electron chi connectivity index (χ1n) is 5.93. The lowest BCUT2D eigenvalue weighted by Gasteiger charge is -2.27. The summed E-state index contributed by atoms with van der Waals surface area (Å²) in [5.74, 6) is -0.0602. The SMILES string of the molecule is CCN(c1ccccc1[N+](=O)[O-])[C@H]1CCNC1=O. The topological polar surface area (TPSA) is 75.5 Å². The highest BCUT2D eigenvalue weighted by Crippen LogP contribution is 2.30. The minimum Gasteiger partial charge on any atom is -0.354 e. The van der Waals surface area contributed by atoms with E-state index in [9.17, 15) is 14.9 Å². The van der Waals surface area contributed by atoms with Crippen molar-refractivity contribution in [2.45, 2.75) is 19.4 Å². The smallest absolute Gasteiger partial charge is 0.292 e. The highest BCUT2D eigenvalue weighted by molar-refractivity contribution is 5.88. The molecule has 2 rings (SSSR count). The molecule has 1 aliphatic heterocycles. The van der Waals surface area contributed by atoms with Gasteiger partial charge in [-0.15, -0.1) is 0 Å². The summed E-state index contributed by atoms with van der Waals surface area (Å²) in [4.78, 5) is 24.1. The van der Waals surface area contributed by atoms with Gasteiger partial charge in [0.15, 0.2) is 0 Å². The predicted octanol–water partition coefficient (Wildman–Crippen LogP) is 1.31. The van der Waals surface area contributed by atoms with Crippen LogP contribution in [0, 0.1) is 10.1 Å². The highest BCUT2D eigenvalue weighted by Gasteiger charge is 2.32. The number of carbonyl (C=O) groups excluding carboxylic acids is 1. The van der Waals surface area contributed by atoms with Crippen molar-refractivity contribution in [2.24, 2.45) is 0 Å². The summed E-state index contributed by atoms with van der Waals surface area (Å²) in [5, 5.41) is 13.8. The molecule has 1 aliphatic rings. The van der Waals surface area contributed by atoms with E-state index >= 15 is 0 Å². The number of rotatable bonds is 4. The number of hydrogen-bond acceptors (Lipinski definition) is 4. The summed E-state index contributed by atoms with van der Waals surface area (Å²) in [6, 6.07) is 6.22. The van der Waals surface area contributed by atoms with Gasteiger partial charge in [-0.2, -0.15) is 0 Å². The molecule has 18 heavy (non-hydrogen) atoms. The number of likely N-dealkylation sites (N-methyl/N-ethyl adjacent to an activating group) is 1. The number of amides is 1. The maximum Gasteiger partial charge on any atom is 0.292 e. The zero-order valence-electron chi connectivity index (χ0n) is 10.1. The maximum atomic E-state index is 11.7. The van der Waals surface area contributed by atoms with Crippen molar-refractivity contribution in [2.75, 3.05) is 18.0 Å². The molecular formula is C12H15N3O3. The molecule has 96 valence electrons. The number of benzene rings is 1. The van der Waals surface area contributed by atoms with Crippen LogP contribution in [0.3, 0.4) is 0 Å². The molecule has 0 bridgehead atoms. The molecule has 0 unspecified atom stereocenters. The molecule has 1 fully saturated rings. The first kappa shape index (κ1) is 12.3. The third-order valence-electron chi connectivity index (χ3n) is 3.12. The third kappa shape index (κ3) is 2.13. The monoisotopic (exact) mass is 249 g/mol. The zero-order valence-corrected chi connectivity index (χ0v) is 10.1. The Morgan fingerprint density at radius 2 is 2.22 bits per heavy atom. The fraction of sp³-hybridized carbons (Fsp3) is 0.417. The molecule has 0 aromatic heterocycles. The lowest BCUT2D eigenvalue weighted by molar-refractivity contribution is -0.384. The number of nitrogens with zero attached hydrogens (tertiary/aromatic N) is 2. The van der Waals surface area contributed by atoms with Gasteiger partial charge in [0.1, 0.15) is 11.7 Å². The molecule has 0 radical (unpaired) electrons. The van der Waals surface area contributed by atoms with Crippen LogP contribution in [-0.2, 0) is 4.79 Å². The number of nitrogens with one attached hydrogen (secondary N) is 1. The first-order valence-corrected chi connectivity index (χ1v) is 5.93. The second-order valence-electron chi connectivity index (χ2n) is 4.13. The quantitative estimate of drug-likeness (QED) is 0.644. The van der Waals surface area contributed by atoms with Gasteiger partial charge in [0.2, 0.25) is 5.91 Å². The van der Waals surface area contributed by atoms with E-state index in [1.807, 2.05) is 6.92 Å². The van der Waals surface area contributed by atoms with Crippen LogP contribution in [0.4, 0.5) is 11.4 Å². The lowest BCUT2D eigenvalue weighted by Crippen LogP contribution is -2.41. The van der Waals surface area contributed by atoms with Gasteiger partial charge in [0.05, 0.1) is 4.92 Å². The summed E-state index contributed by atoms with van der Waals surface area (Å²) >= 11 is 0. The Morgan fingerprint density at radius 3 is 2.78 bits per heavy atom. The molecule has 1 aromatic carbocycles. The molecule has 6 nitrogen and oxygen atoms in total. The molecule has 1 amide bonds. The fourth-order valence-electron chi connectivity index (χ4n) is 2.30. The van der Waals surface area contributed by atoms with Crippen LogP contribution < -0.4 is 10.2 Å². The molecule has 6 heteroatoms. The second kappa shape index (κ2) is 5.03. The predicted molar refractivity (Wildman–Crippen MR) is 67.5 cm³/mol. The Kier molecular flexibility index (Phi) is 3.45. The van der Waals surface area contributed by atoms with E-state index in [4.69, 9.17) is 0 Å². The molecule has 1 saturated heterocycles. The Hall–Kier alpha value is -2.11. The van der Waals surface area contributed by atoms with Crippen molar-refractivity contribution >= 4 is 17.3 Å². The van der Waals surface area contributed by atoms with Gasteiger partial charge in [0.25, 0.3) is 5.69 Å². The van der Waals surface area contributed by atoms with Crippen LogP contribution in [0.1, 0.15) is 13.3 Å². The number of nitro benzene ring substituents is 1. The Labute approximate surface area is 105 Å². The summed E-state index contributed by atoms with van der Waals surface area (Å²) in [6.45, 7) is 3.08. The van der Waals surface area contributed by atoms with Crippen molar-refractivity contribution in [3.8, 4) is 0 Å². The van der Waals surface area contributed by atoms with E-state index in [2.05, 4.69) is 5.32 Å². The van der Waals surface area contributed by atoms with Crippen molar-refractivity contribution in [1.29, 1.82) is 0 Å². The molecule has 0 saturated carbocycles. The van der Waals surface area contributed by atoms with Crippen LogP contribution in [0.15, 0.2) is 24.3 Å². The lowest BCUT2D eigenvalue weighted by atomic mass is 10.1. The van der Waals surface area contributed by atoms with E-state index in [1.165, 1.54) is 6.07 Å². The van der Waals surface area contributed by atoms with Crippen molar-refractivity contribution in [1.82, 2.24) is 5.32 Å². The Bertz CT molecular complexity index is 475. The van der Waals surface area contributed by atoms with E-state index in [0.29, 0.717) is 25.2 Å². The van der Waals surface area contributed by atoms with Crippen molar-refractivity contribution in [3.05, 3.63) is 34.4 Å². The number of anilines is 1. The number of carbonyl (C=O) groups is 1. The highest BCUT2D eigenvalue weighted by atomic mass is 16.6. The van der Waals surface area contributed by atoms with Gasteiger partial charge in [0, 0.05) is 19.2 Å². The maximum absolute atomic E-state index is 11.7. The molecule has 1 atom stereocenters. The molecule has 0 aliphatic carbocycles. The summed E-state index contributed by atoms with van der Waals surface area (Å²) in [5.41, 5.74) is 0.547. The number of hydrogen-bond donors (Lipinski definition) is 1. The van der Waals surface area contributed by atoms with Crippen LogP contribution in [0.5, 0.6) is 0 Å². The number of para-hydroxylation sites is 2. The van der Waals surface area contributed by atoms with Gasteiger partial charge in [-0.1, -0.05) is 12.1 Å². The van der Waals surface area contributed by atoms with E-state index in [-0.39, 0.29) is 17.6 Å². The summed E-state index contributed by atoms with van der Waals surface area (Å²) in [7, 11) is 0. The average molecular weight is 249 g/mol. The van der Waals surface area contributed by atoms with Gasteiger partial charge in [-0.3, -0.25) is 14.9 Å². The van der Waals surface area contributed by atoms with Crippen molar-refractivity contribution < 1.29 is 9.72 Å². The Morgan fingerprint density at radius 1 is 1.50 bits per heavy atom. The van der Waals surface area contributed by atoms with E-state index in [1.54, 1.807) is 23.1 Å². The van der Waals surface area contributed by atoms with Gasteiger partial charge in [-0.25, -0.2) is 0 Å². The van der Waals surface area contributed by atoms with E-state index < -0.39 is 4.92 Å². The average Bonchev–Trinajstić information content (AvgIpc) is 2.77. The Balaban J connectivity index is 2.38. The number of nitro groups is 1. The van der Waals surface area contributed by atoms with Crippen molar-refractivity contribution in [3.63, 3.8) is 0 Å². The molecule has 0 spiro atoms. The third-order valence-corrected chi connectivity index (χ3v) is 3.12. The first-order chi connectivity index (χ1) is 8.65. The minimum absolute atomic E-state index is 0.0408. The molecular weight excluding hydrogens is 234 g/mol. The second-order valence-corrected chi connectivity index (χ2v) is 4.13. The largest absolute Gasteiger partial charge is 0.354 e. The zero-order chi connectivity index (χ0) is 13.1. The van der Waals surface area contributed by atoms with Gasteiger partial charge < -0.3 is 10.2 Å². The molecule has 1 heterocycles. The minimum atomic E-state index is -0.412. The van der Waals surface area contributed by atoms with Crippen LogP contribution >= 0.6 is 0 Å². The molecule has 1 N–H and O–H groups in total. The summed E-state index contributed by atoms with van der Waals surface area (Å²) in [6.07, 6.45) is 0.679. The summed E-state index contributed by atoms with van der Waals surface area (Å²) < 4.78 is 0. The fourth-order valence-corrected chi connectivity index (χ4v) is 2.30. The van der Waals surface area contributed by atoms with Crippen LogP contribution in [-0.4, -0.2) is 30.0 Å². The van der Waals surface area contributed by atoms with E-state index in [0.717, 1.165) is 0 Å². The standard InChI is InChI=1S/C12H15N3O3/c1-2-14(11-7-8-13-12(11)16)9-5-3-4-6-10(9)15(17)18/h3-6,11H,2,7-8H2,1H3,(H,13,16)/t11-/m0/s1.